The van der Waals surface area contributed by atoms with E-state index in [4.69, 9.17) is 5.10 Å². The van der Waals surface area contributed by atoms with Crippen molar-refractivity contribution in [1.82, 2.24) is 24.6 Å². The number of carbonyl (C=O) groups excluding carboxylic acids is 1. The molecule has 0 aliphatic carbocycles. The van der Waals surface area contributed by atoms with Crippen molar-refractivity contribution < 1.29 is 4.79 Å². The van der Waals surface area contributed by atoms with Crippen molar-refractivity contribution >= 4 is 5.91 Å². The molecule has 0 N–H and O–H groups in total. The molecule has 0 saturated carbocycles. The largest absolute Gasteiger partial charge is 0.341 e. The first-order valence-electron chi connectivity index (χ1n) is 10.1. The van der Waals surface area contributed by atoms with Gasteiger partial charge < -0.3 is 4.90 Å². The molecule has 2 aromatic heterocycles. The van der Waals surface area contributed by atoms with Crippen LogP contribution in [0.3, 0.4) is 0 Å². The Morgan fingerprint density at radius 1 is 1.07 bits per heavy atom. The number of aromatic nitrogens is 3. The molecule has 3 aromatic rings. The molecule has 150 valence electrons. The Morgan fingerprint density at radius 2 is 1.79 bits per heavy atom. The molecule has 0 bridgehead atoms. The number of rotatable bonds is 5. The number of aryl methyl sites for hydroxylation is 1. The lowest BCUT2D eigenvalue weighted by Gasteiger charge is -2.24. The van der Waals surface area contributed by atoms with E-state index in [2.05, 4.69) is 34.1 Å². The molecule has 0 unspecified atom stereocenters. The number of nitrogens with zero attached hydrogens (tertiary/aromatic N) is 5. The van der Waals surface area contributed by atoms with Gasteiger partial charge in [-0.25, -0.2) is 0 Å². The number of likely N-dealkylation sites (N-methyl/N-ethyl adjacent to an activating group) is 1. The summed E-state index contributed by atoms with van der Waals surface area (Å²) in [7, 11) is 3.99. The van der Waals surface area contributed by atoms with Gasteiger partial charge in [0.15, 0.2) is 0 Å². The standard InChI is InChI=1S/C23H27N5O/c1-26(16-18-8-12-24-13-9-18)17-22(29)28-14-10-20-21(11-15-28)25-27(2)23(20)19-6-4-3-5-7-19/h3-9,12-13H,10-11,14-17H2,1-2H3. The number of carbonyl (C=O) groups is 1. The fourth-order valence-corrected chi connectivity index (χ4v) is 4.08. The fraction of sp³-hybridized carbons (Fsp3) is 0.348. The highest BCUT2D eigenvalue weighted by Gasteiger charge is 2.24. The first-order valence-corrected chi connectivity index (χ1v) is 10.1. The summed E-state index contributed by atoms with van der Waals surface area (Å²) >= 11 is 0. The summed E-state index contributed by atoms with van der Waals surface area (Å²) in [5.74, 6) is 0.178. The summed E-state index contributed by atoms with van der Waals surface area (Å²) in [5.41, 5.74) is 5.91. The van der Waals surface area contributed by atoms with E-state index in [0.717, 1.165) is 43.7 Å². The molecule has 1 aliphatic heterocycles. The van der Waals surface area contributed by atoms with Gasteiger partial charge in [-0.15, -0.1) is 0 Å². The van der Waals surface area contributed by atoms with Gasteiger partial charge in [0.05, 0.1) is 17.9 Å². The van der Waals surface area contributed by atoms with Crippen LogP contribution in [-0.2, 0) is 31.2 Å². The molecule has 29 heavy (non-hydrogen) atoms. The Labute approximate surface area is 171 Å². The van der Waals surface area contributed by atoms with Crippen LogP contribution in [0.1, 0.15) is 16.8 Å². The van der Waals surface area contributed by atoms with Crippen LogP contribution in [0.2, 0.25) is 0 Å². The zero-order valence-electron chi connectivity index (χ0n) is 17.1. The lowest BCUT2D eigenvalue weighted by molar-refractivity contribution is -0.132. The second-order valence-corrected chi connectivity index (χ2v) is 7.67. The van der Waals surface area contributed by atoms with E-state index in [0.29, 0.717) is 6.54 Å². The van der Waals surface area contributed by atoms with Crippen LogP contribution in [0.25, 0.3) is 11.3 Å². The van der Waals surface area contributed by atoms with Crippen molar-refractivity contribution in [1.29, 1.82) is 0 Å². The van der Waals surface area contributed by atoms with Gasteiger partial charge in [0, 0.05) is 56.6 Å². The minimum Gasteiger partial charge on any atom is -0.341 e. The van der Waals surface area contributed by atoms with Crippen LogP contribution in [0, 0.1) is 0 Å². The van der Waals surface area contributed by atoms with Crippen LogP contribution < -0.4 is 0 Å². The monoisotopic (exact) mass is 389 g/mol. The Hall–Kier alpha value is -2.99. The van der Waals surface area contributed by atoms with E-state index in [-0.39, 0.29) is 5.91 Å². The zero-order valence-corrected chi connectivity index (χ0v) is 17.1. The summed E-state index contributed by atoms with van der Waals surface area (Å²) in [6.45, 7) is 2.61. The lowest BCUT2D eigenvalue weighted by atomic mass is 10.0. The molecule has 6 nitrogen and oxygen atoms in total. The molecule has 0 spiro atoms. The van der Waals surface area contributed by atoms with Gasteiger partial charge in [-0.1, -0.05) is 30.3 Å². The second-order valence-electron chi connectivity index (χ2n) is 7.67. The summed E-state index contributed by atoms with van der Waals surface area (Å²) < 4.78 is 1.99. The molecule has 1 amide bonds. The summed E-state index contributed by atoms with van der Waals surface area (Å²) in [5, 5.41) is 4.76. The highest BCUT2D eigenvalue weighted by atomic mass is 16.2. The number of hydrogen-bond acceptors (Lipinski definition) is 4. The van der Waals surface area contributed by atoms with E-state index in [1.54, 1.807) is 12.4 Å². The van der Waals surface area contributed by atoms with Crippen LogP contribution in [0.15, 0.2) is 54.9 Å². The van der Waals surface area contributed by atoms with Crippen LogP contribution >= 0.6 is 0 Å². The summed E-state index contributed by atoms with van der Waals surface area (Å²) in [6.07, 6.45) is 5.21. The summed E-state index contributed by atoms with van der Waals surface area (Å²) in [6, 6.07) is 14.4. The molecule has 0 saturated heterocycles. The predicted molar refractivity (Wildman–Crippen MR) is 113 cm³/mol. The van der Waals surface area contributed by atoms with E-state index in [9.17, 15) is 4.79 Å². The zero-order chi connectivity index (χ0) is 20.2. The van der Waals surface area contributed by atoms with Crippen molar-refractivity contribution in [3.63, 3.8) is 0 Å². The molecule has 4 rings (SSSR count). The van der Waals surface area contributed by atoms with Gasteiger partial charge in [-0.3, -0.25) is 19.4 Å². The van der Waals surface area contributed by atoms with E-state index < -0.39 is 0 Å². The number of pyridine rings is 1. The minimum absolute atomic E-state index is 0.178. The number of hydrogen-bond donors (Lipinski definition) is 0. The molecule has 1 aromatic carbocycles. The van der Waals surface area contributed by atoms with E-state index >= 15 is 0 Å². The van der Waals surface area contributed by atoms with Crippen LogP contribution in [0.4, 0.5) is 0 Å². The second kappa shape index (κ2) is 8.57. The molecular weight excluding hydrogens is 362 g/mol. The third kappa shape index (κ3) is 4.38. The Kier molecular flexibility index (Phi) is 5.71. The minimum atomic E-state index is 0.178. The van der Waals surface area contributed by atoms with E-state index in [1.165, 1.54) is 16.8 Å². The highest BCUT2D eigenvalue weighted by Crippen LogP contribution is 2.28. The molecule has 1 aliphatic rings. The molecule has 0 atom stereocenters. The first-order chi connectivity index (χ1) is 14.1. The van der Waals surface area contributed by atoms with Crippen LogP contribution in [-0.4, -0.2) is 57.2 Å². The quantitative estimate of drug-likeness (QED) is 0.673. The maximum Gasteiger partial charge on any atom is 0.236 e. The first kappa shape index (κ1) is 19.3. The molecule has 3 heterocycles. The van der Waals surface area contributed by atoms with Crippen molar-refractivity contribution in [2.45, 2.75) is 19.4 Å². The molecule has 6 heteroatoms. The number of amides is 1. The normalized spacial score (nSPS) is 14.0. The molecule has 0 radical (unpaired) electrons. The van der Waals surface area contributed by atoms with Gasteiger partial charge in [-0.2, -0.15) is 5.10 Å². The van der Waals surface area contributed by atoms with Gasteiger partial charge in [0.2, 0.25) is 5.91 Å². The predicted octanol–water partition coefficient (Wildman–Crippen LogP) is 2.54. The SMILES string of the molecule is CN(CC(=O)N1CCc2nn(C)c(-c3ccccc3)c2CC1)Cc1ccncc1. The Bertz CT molecular complexity index is 968. The average Bonchev–Trinajstić information content (AvgIpc) is 2.90. The Morgan fingerprint density at radius 3 is 2.55 bits per heavy atom. The topological polar surface area (TPSA) is 54.3 Å². The van der Waals surface area contributed by atoms with Gasteiger partial charge in [0.25, 0.3) is 0 Å². The fourth-order valence-electron chi connectivity index (χ4n) is 4.08. The molecular formula is C23H27N5O. The van der Waals surface area contributed by atoms with Crippen molar-refractivity contribution in [2.24, 2.45) is 7.05 Å². The lowest BCUT2D eigenvalue weighted by Crippen LogP contribution is -2.40. The van der Waals surface area contributed by atoms with E-state index in [1.807, 2.05) is 41.9 Å². The van der Waals surface area contributed by atoms with Crippen molar-refractivity contribution in [3.8, 4) is 11.3 Å². The average molecular weight is 390 g/mol. The third-order valence-corrected chi connectivity index (χ3v) is 5.49. The number of benzene rings is 1. The highest BCUT2D eigenvalue weighted by molar-refractivity contribution is 5.78. The molecule has 0 fully saturated rings. The van der Waals surface area contributed by atoms with Gasteiger partial charge >= 0.3 is 0 Å². The maximum atomic E-state index is 12.9. The summed E-state index contributed by atoms with van der Waals surface area (Å²) in [4.78, 5) is 21.0. The number of fused-ring (bicyclic) bond motifs is 1. The van der Waals surface area contributed by atoms with Gasteiger partial charge in [0.1, 0.15) is 0 Å². The van der Waals surface area contributed by atoms with Crippen LogP contribution in [0.5, 0.6) is 0 Å². The van der Waals surface area contributed by atoms with Crippen molar-refractivity contribution in [2.75, 3.05) is 26.7 Å². The Balaban J connectivity index is 1.42. The smallest absolute Gasteiger partial charge is 0.236 e. The van der Waals surface area contributed by atoms with Crippen molar-refractivity contribution in [3.05, 3.63) is 71.7 Å². The van der Waals surface area contributed by atoms with Gasteiger partial charge in [-0.05, 0) is 31.2 Å². The third-order valence-electron chi connectivity index (χ3n) is 5.49. The maximum absolute atomic E-state index is 12.9.